The summed E-state index contributed by atoms with van der Waals surface area (Å²) in [6.07, 6.45) is 4.06. The molecule has 1 aromatic carbocycles. The lowest BCUT2D eigenvalue weighted by atomic mass is 9.95. The summed E-state index contributed by atoms with van der Waals surface area (Å²) in [6, 6.07) is 8.50. The van der Waals surface area contributed by atoms with Crippen molar-refractivity contribution in [2.24, 2.45) is 5.92 Å². The molecule has 0 bridgehead atoms. The molecule has 2 aromatic rings. The van der Waals surface area contributed by atoms with Crippen LogP contribution in [0.15, 0.2) is 36.7 Å². The zero-order valence-corrected chi connectivity index (χ0v) is 15.3. The van der Waals surface area contributed by atoms with Crippen LogP contribution in [0.5, 0.6) is 0 Å². The molecule has 3 rings (SSSR count). The number of aromatic nitrogens is 2. The van der Waals surface area contributed by atoms with Crippen LogP contribution >= 0.6 is 0 Å². The summed E-state index contributed by atoms with van der Waals surface area (Å²) >= 11 is 0. The van der Waals surface area contributed by atoms with Crippen molar-refractivity contribution in [1.82, 2.24) is 15.3 Å². The molecular formula is C20H25FN4O. The number of carbonyl (C=O) groups excluding carboxylic acids is 1. The minimum absolute atomic E-state index is 0.0600. The van der Waals surface area contributed by atoms with Gasteiger partial charge in [0.05, 0.1) is 5.69 Å². The van der Waals surface area contributed by atoms with Gasteiger partial charge in [0.1, 0.15) is 18.0 Å². The number of piperidine rings is 1. The molecule has 1 atom stereocenters. The standard InChI is InChI=1S/C20H25FN4O/c1-3-14(2)24-20(26)15-7-9-25(10-8-15)19-12-18(22-13-23-19)16-5-4-6-17(21)11-16/h4-6,11-15H,3,7-10H2,1-2H3,(H,24,26). The highest BCUT2D eigenvalue weighted by Crippen LogP contribution is 2.25. The zero-order chi connectivity index (χ0) is 18.5. The first kappa shape index (κ1) is 18.3. The Morgan fingerprint density at radius 1 is 1.31 bits per heavy atom. The van der Waals surface area contributed by atoms with Crippen LogP contribution in [-0.4, -0.2) is 35.0 Å². The molecule has 1 aliphatic rings. The molecule has 2 heterocycles. The monoisotopic (exact) mass is 356 g/mol. The SMILES string of the molecule is CCC(C)NC(=O)C1CCN(c2cc(-c3cccc(F)c3)ncn2)CC1. The maximum atomic E-state index is 13.5. The van der Waals surface area contributed by atoms with Crippen molar-refractivity contribution in [3.05, 3.63) is 42.5 Å². The Hall–Kier alpha value is -2.50. The molecular weight excluding hydrogens is 331 g/mol. The van der Waals surface area contributed by atoms with Gasteiger partial charge >= 0.3 is 0 Å². The number of hydrogen-bond donors (Lipinski definition) is 1. The van der Waals surface area contributed by atoms with E-state index >= 15 is 0 Å². The van der Waals surface area contributed by atoms with E-state index < -0.39 is 0 Å². The van der Waals surface area contributed by atoms with Gasteiger partial charge < -0.3 is 10.2 Å². The highest BCUT2D eigenvalue weighted by atomic mass is 19.1. The number of halogens is 1. The largest absolute Gasteiger partial charge is 0.356 e. The van der Waals surface area contributed by atoms with Crippen molar-refractivity contribution in [2.45, 2.75) is 39.2 Å². The highest BCUT2D eigenvalue weighted by Gasteiger charge is 2.26. The lowest BCUT2D eigenvalue weighted by molar-refractivity contribution is -0.126. The average Bonchev–Trinajstić information content (AvgIpc) is 2.68. The fraction of sp³-hybridized carbons (Fsp3) is 0.450. The minimum atomic E-state index is -0.282. The summed E-state index contributed by atoms with van der Waals surface area (Å²) in [7, 11) is 0. The van der Waals surface area contributed by atoms with E-state index in [1.54, 1.807) is 6.07 Å². The van der Waals surface area contributed by atoms with E-state index in [0.29, 0.717) is 5.69 Å². The number of benzene rings is 1. The van der Waals surface area contributed by atoms with Gasteiger partial charge in [-0.15, -0.1) is 0 Å². The van der Waals surface area contributed by atoms with Gasteiger partial charge in [-0.05, 0) is 38.3 Å². The van der Waals surface area contributed by atoms with Crippen molar-refractivity contribution in [3.63, 3.8) is 0 Å². The Labute approximate surface area is 153 Å². The van der Waals surface area contributed by atoms with Gasteiger partial charge in [-0.2, -0.15) is 0 Å². The molecule has 1 aromatic heterocycles. The van der Waals surface area contributed by atoms with E-state index in [9.17, 15) is 9.18 Å². The third kappa shape index (κ3) is 4.36. The maximum absolute atomic E-state index is 13.5. The van der Waals surface area contributed by atoms with E-state index in [-0.39, 0.29) is 23.7 Å². The van der Waals surface area contributed by atoms with Crippen molar-refractivity contribution < 1.29 is 9.18 Å². The van der Waals surface area contributed by atoms with Crippen LogP contribution in [0, 0.1) is 11.7 Å². The van der Waals surface area contributed by atoms with Crippen LogP contribution in [0.3, 0.4) is 0 Å². The van der Waals surface area contributed by atoms with Crippen molar-refractivity contribution in [3.8, 4) is 11.3 Å². The van der Waals surface area contributed by atoms with Gasteiger partial charge in [-0.3, -0.25) is 4.79 Å². The molecule has 0 spiro atoms. The molecule has 1 fully saturated rings. The third-order valence-electron chi connectivity index (χ3n) is 4.96. The van der Waals surface area contributed by atoms with Gasteiger partial charge in [0.25, 0.3) is 0 Å². The summed E-state index contributed by atoms with van der Waals surface area (Å²) in [4.78, 5) is 23.1. The number of nitrogens with zero attached hydrogens (tertiary/aromatic N) is 3. The summed E-state index contributed by atoms with van der Waals surface area (Å²) in [5.74, 6) is 0.753. The van der Waals surface area contributed by atoms with Gasteiger partial charge in [0.15, 0.2) is 0 Å². The zero-order valence-electron chi connectivity index (χ0n) is 15.3. The van der Waals surface area contributed by atoms with E-state index in [1.165, 1.54) is 18.5 Å². The topological polar surface area (TPSA) is 58.1 Å². The Bertz CT molecular complexity index is 759. The van der Waals surface area contributed by atoms with Crippen LogP contribution in [0.4, 0.5) is 10.2 Å². The summed E-state index contributed by atoms with van der Waals surface area (Å²) < 4.78 is 13.5. The Balaban J connectivity index is 1.65. The number of amides is 1. The second-order valence-electron chi connectivity index (χ2n) is 6.85. The molecule has 0 saturated carbocycles. The van der Waals surface area contributed by atoms with Crippen LogP contribution in [0.2, 0.25) is 0 Å². The second-order valence-corrected chi connectivity index (χ2v) is 6.85. The molecule has 6 heteroatoms. The fourth-order valence-electron chi connectivity index (χ4n) is 3.16. The summed E-state index contributed by atoms with van der Waals surface area (Å²) in [5.41, 5.74) is 1.43. The van der Waals surface area contributed by atoms with Gasteiger partial charge in [0.2, 0.25) is 5.91 Å². The highest BCUT2D eigenvalue weighted by molar-refractivity contribution is 5.79. The number of nitrogens with one attached hydrogen (secondary N) is 1. The van der Waals surface area contributed by atoms with Crippen LogP contribution in [-0.2, 0) is 4.79 Å². The molecule has 5 nitrogen and oxygen atoms in total. The van der Waals surface area contributed by atoms with Gasteiger partial charge in [0, 0.05) is 36.7 Å². The number of anilines is 1. The second kappa shape index (κ2) is 8.25. The molecule has 1 aliphatic heterocycles. The van der Waals surface area contributed by atoms with E-state index in [0.717, 1.165) is 43.7 Å². The minimum Gasteiger partial charge on any atom is -0.356 e. The molecule has 0 radical (unpaired) electrons. The van der Waals surface area contributed by atoms with Crippen LogP contribution in [0.25, 0.3) is 11.3 Å². The predicted octanol–water partition coefficient (Wildman–Crippen LogP) is 3.41. The van der Waals surface area contributed by atoms with E-state index in [2.05, 4.69) is 27.1 Å². The fourth-order valence-corrected chi connectivity index (χ4v) is 3.16. The Morgan fingerprint density at radius 3 is 2.77 bits per heavy atom. The average molecular weight is 356 g/mol. The molecule has 26 heavy (non-hydrogen) atoms. The molecule has 1 N–H and O–H groups in total. The molecule has 138 valence electrons. The first-order valence-corrected chi connectivity index (χ1v) is 9.20. The van der Waals surface area contributed by atoms with Crippen LogP contribution in [0.1, 0.15) is 33.1 Å². The molecule has 1 saturated heterocycles. The quantitative estimate of drug-likeness (QED) is 0.892. The Morgan fingerprint density at radius 2 is 2.08 bits per heavy atom. The Kier molecular flexibility index (Phi) is 5.81. The lowest BCUT2D eigenvalue weighted by Crippen LogP contribution is -2.43. The lowest BCUT2D eigenvalue weighted by Gasteiger charge is -2.32. The van der Waals surface area contributed by atoms with E-state index in [4.69, 9.17) is 0 Å². The molecule has 0 aliphatic carbocycles. The first-order chi connectivity index (χ1) is 12.6. The van der Waals surface area contributed by atoms with Crippen molar-refractivity contribution in [2.75, 3.05) is 18.0 Å². The number of carbonyl (C=O) groups is 1. The maximum Gasteiger partial charge on any atom is 0.223 e. The summed E-state index contributed by atoms with van der Waals surface area (Å²) in [5, 5.41) is 3.07. The number of rotatable bonds is 5. The van der Waals surface area contributed by atoms with Gasteiger partial charge in [-0.1, -0.05) is 19.1 Å². The molecule has 1 unspecified atom stereocenters. The molecule has 1 amide bonds. The van der Waals surface area contributed by atoms with Crippen LogP contribution < -0.4 is 10.2 Å². The first-order valence-electron chi connectivity index (χ1n) is 9.20. The number of hydrogen-bond acceptors (Lipinski definition) is 4. The summed E-state index contributed by atoms with van der Waals surface area (Å²) in [6.45, 7) is 5.65. The smallest absolute Gasteiger partial charge is 0.223 e. The van der Waals surface area contributed by atoms with E-state index in [1.807, 2.05) is 19.1 Å². The van der Waals surface area contributed by atoms with Crippen molar-refractivity contribution in [1.29, 1.82) is 0 Å². The predicted molar refractivity (Wildman–Crippen MR) is 100 cm³/mol. The van der Waals surface area contributed by atoms with Gasteiger partial charge in [-0.25, -0.2) is 14.4 Å². The van der Waals surface area contributed by atoms with Crippen molar-refractivity contribution >= 4 is 11.7 Å². The normalized spacial score (nSPS) is 16.3. The third-order valence-corrected chi connectivity index (χ3v) is 4.96.